The first-order valence-corrected chi connectivity index (χ1v) is 9.66. The average molecular weight is 392 g/mol. The summed E-state index contributed by atoms with van der Waals surface area (Å²) in [5.74, 6) is -0.297. The molecule has 2 aromatic heterocycles. The van der Waals surface area contributed by atoms with Crippen LogP contribution in [0.3, 0.4) is 0 Å². The monoisotopic (exact) mass is 392 g/mol. The van der Waals surface area contributed by atoms with E-state index in [-0.39, 0.29) is 24.1 Å². The molecule has 0 saturated heterocycles. The molecule has 1 amide bonds. The number of aromatic nitrogens is 3. The number of carbonyl (C=O) groups is 1. The molecule has 1 aromatic carbocycles. The fourth-order valence-electron chi connectivity index (χ4n) is 2.24. The Morgan fingerprint density at radius 3 is 2.77 bits per heavy atom. The number of hydrogen-bond acceptors (Lipinski definition) is 6. The van der Waals surface area contributed by atoms with Crippen LogP contribution in [0.5, 0.6) is 0 Å². The van der Waals surface area contributed by atoms with E-state index in [4.69, 9.17) is 0 Å². The second-order valence-electron chi connectivity index (χ2n) is 5.56. The van der Waals surface area contributed by atoms with Crippen LogP contribution in [0.2, 0.25) is 0 Å². The van der Waals surface area contributed by atoms with Gasteiger partial charge in [0.1, 0.15) is 5.82 Å². The molecular formula is C17H17FN4O2S2. The summed E-state index contributed by atoms with van der Waals surface area (Å²) in [7, 11) is 0. The summed E-state index contributed by atoms with van der Waals surface area (Å²) >= 11 is 2.65. The van der Waals surface area contributed by atoms with Crippen molar-refractivity contribution in [1.29, 1.82) is 0 Å². The van der Waals surface area contributed by atoms with Gasteiger partial charge in [0, 0.05) is 18.1 Å². The van der Waals surface area contributed by atoms with Gasteiger partial charge < -0.3 is 15.0 Å². The van der Waals surface area contributed by atoms with Crippen molar-refractivity contribution < 1.29 is 14.3 Å². The Morgan fingerprint density at radius 1 is 1.35 bits per heavy atom. The minimum absolute atomic E-state index is 0.171. The second kappa shape index (κ2) is 8.43. The number of nitrogens with one attached hydrogen (secondary N) is 1. The van der Waals surface area contributed by atoms with Gasteiger partial charge in [-0.3, -0.25) is 4.79 Å². The maximum atomic E-state index is 13.0. The van der Waals surface area contributed by atoms with Crippen LogP contribution in [0, 0.1) is 12.7 Å². The Labute approximate surface area is 158 Å². The van der Waals surface area contributed by atoms with Crippen molar-refractivity contribution in [1.82, 2.24) is 14.5 Å². The maximum Gasteiger partial charge on any atom is 0.236 e. The summed E-state index contributed by atoms with van der Waals surface area (Å²) in [4.78, 5) is 20.6. The molecule has 26 heavy (non-hydrogen) atoms. The first-order chi connectivity index (χ1) is 12.5. The van der Waals surface area contributed by atoms with E-state index < -0.39 is 0 Å². The van der Waals surface area contributed by atoms with Gasteiger partial charge in [-0.25, -0.2) is 14.4 Å². The van der Waals surface area contributed by atoms with Gasteiger partial charge in [0.05, 0.1) is 23.7 Å². The van der Waals surface area contributed by atoms with Crippen LogP contribution in [-0.2, 0) is 17.9 Å². The molecule has 0 spiro atoms. The summed E-state index contributed by atoms with van der Waals surface area (Å²) in [5, 5.41) is 15.1. The van der Waals surface area contributed by atoms with Crippen LogP contribution in [0.25, 0.3) is 0 Å². The first kappa shape index (κ1) is 18.6. The Morgan fingerprint density at radius 2 is 2.12 bits per heavy atom. The zero-order valence-electron chi connectivity index (χ0n) is 14.0. The standard InChI is InChI=1S/C17H17FN4O2S2/c1-11-9-25-16(19-11)21-15(24)10-26-17-20-14(8-23)7-22(17)6-12-2-4-13(18)5-3-12/h2-5,7,9,23H,6,8,10H2,1H3,(H,19,21,24). The number of amides is 1. The third-order valence-corrected chi connectivity index (χ3v) is 5.28. The number of aliphatic hydroxyl groups is 1. The number of thioether (sulfide) groups is 1. The number of imidazole rings is 1. The summed E-state index contributed by atoms with van der Waals surface area (Å²) in [6.07, 6.45) is 1.73. The van der Waals surface area contributed by atoms with Crippen LogP contribution in [0.1, 0.15) is 17.0 Å². The number of hydrogen-bond donors (Lipinski definition) is 2. The summed E-state index contributed by atoms with van der Waals surface area (Å²) in [6, 6.07) is 6.19. The Balaban J connectivity index is 1.65. The maximum absolute atomic E-state index is 13.0. The summed E-state index contributed by atoms with van der Waals surface area (Å²) in [6.45, 7) is 2.15. The third-order valence-electron chi connectivity index (χ3n) is 3.42. The van der Waals surface area contributed by atoms with Crippen molar-refractivity contribution in [2.75, 3.05) is 11.1 Å². The number of aliphatic hydroxyl groups excluding tert-OH is 1. The molecule has 0 aliphatic heterocycles. The number of thiazole rings is 1. The minimum atomic E-state index is -0.292. The second-order valence-corrected chi connectivity index (χ2v) is 7.36. The molecule has 3 aromatic rings. The van der Waals surface area contributed by atoms with Gasteiger partial charge in [-0.2, -0.15) is 0 Å². The van der Waals surface area contributed by atoms with Gasteiger partial charge in [-0.05, 0) is 24.6 Å². The van der Waals surface area contributed by atoms with E-state index in [0.717, 1.165) is 11.3 Å². The van der Waals surface area contributed by atoms with E-state index in [0.29, 0.717) is 22.5 Å². The molecule has 3 rings (SSSR count). The predicted molar refractivity (Wildman–Crippen MR) is 99.9 cm³/mol. The van der Waals surface area contributed by atoms with E-state index in [2.05, 4.69) is 15.3 Å². The highest BCUT2D eigenvalue weighted by molar-refractivity contribution is 7.99. The van der Waals surface area contributed by atoms with Crippen LogP contribution >= 0.6 is 23.1 Å². The number of aryl methyl sites for hydroxylation is 1. The molecule has 2 heterocycles. The summed E-state index contributed by atoms with van der Waals surface area (Å²) < 4.78 is 14.9. The SMILES string of the molecule is Cc1csc(NC(=O)CSc2nc(CO)cn2Cc2ccc(F)cc2)n1. The highest BCUT2D eigenvalue weighted by Crippen LogP contribution is 2.21. The lowest BCUT2D eigenvalue weighted by Crippen LogP contribution is -2.14. The smallest absolute Gasteiger partial charge is 0.236 e. The number of halogens is 1. The van der Waals surface area contributed by atoms with Crippen LogP contribution in [0.15, 0.2) is 41.0 Å². The molecular weight excluding hydrogens is 375 g/mol. The molecule has 0 atom stereocenters. The van der Waals surface area contributed by atoms with Crippen molar-refractivity contribution in [2.24, 2.45) is 0 Å². The number of carbonyl (C=O) groups excluding carboxylic acids is 1. The number of nitrogens with zero attached hydrogens (tertiary/aromatic N) is 3. The lowest BCUT2D eigenvalue weighted by atomic mass is 10.2. The van der Waals surface area contributed by atoms with Crippen molar-refractivity contribution >= 4 is 34.1 Å². The molecule has 0 aliphatic rings. The summed E-state index contributed by atoms with van der Waals surface area (Å²) in [5.41, 5.74) is 2.28. The van der Waals surface area contributed by atoms with Gasteiger partial charge in [0.2, 0.25) is 5.91 Å². The van der Waals surface area contributed by atoms with E-state index >= 15 is 0 Å². The van der Waals surface area contributed by atoms with E-state index in [1.165, 1.54) is 35.2 Å². The first-order valence-electron chi connectivity index (χ1n) is 7.79. The van der Waals surface area contributed by atoms with Crippen LogP contribution in [-0.4, -0.2) is 31.3 Å². The Hall–Kier alpha value is -2.23. The van der Waals surface area contributed by atoms with Crippen molar-refractivity contribution in [3.05, 3.63) is 58.6 Å². The molecule has 0 fully saturated rings. The zero-order valence-corrected chi connectivity index (χ0v) is 15.6. The fraction of sp³-hybridized carbons (Fsp3) is 0.235. The highest BCUT2D eigenvalue weighted by atomic mass is 32.2. The molecule has 9 heteroatoms. The minimum Gasteiger partial charge on any atom is -0.390 e. The highest BCUT2D eigenvalue weighted by Gasteiger charge is 2.12. The molecule has 0 unspecified atom stereocenters. The molecule has 0 bridgehead atoms. The molecule has 136 valence electrons. The quantitative estimate of drug-likeness (QED) is 0.604. The topological polar surface area (TPSA) is 80.0 Å². The molecule has 6 nitrogen and oxygen atoms in total. The lowest BCUT2D eigenvalue weighted by Gasteiger charge is -2.07. The van der Waals surface area contributed by atoms with Crippen LogP contribution in [0.4, 0.5) is 9.52 Å². The Bertz CT molecular complexity index is 893. The largest absolute Gasteiger partial charge is 0.390 e. The molecule has 0 radical (unpaired) electrons. The van der Waals surface area contributed by atoms with Crippen molar-refractivity contribution in [3.8, 4) is 0 Å². The number of benzene rings is 1. The molecule has 0 aliphatic carbocycles. The van der Waals surface area contributed by atoms with Crippen molar-refractivity contribution in [3.63, 3.8) is 0 Å². The lowest BCUT2D eigenvalue weighted by molar-refractivity contribution is -0.113. The van der Waals surface area contributed by atoms with Gasteiger partial charge in [-0.1, -0.05) is 23.9 Å². The normalized spacial score (nSPS) is 10.9. The number of rotatable bonds is 7. The van der Waals surface area contributed by atoms with Gasteiger partial charge >= 0.3 is 0 Å². The van der Waals surface area contributed by atoms with Gasteiger partial charge in [-0.15, -0.1) is 11.3 Å². The van der Waals surface area contributed by atoms with Crippen LogP contribution < -0.4 is 5.32 Å². The van der Waals surface area contributed by atoms with Gasteiger partial charge in [0.15, 0.2) is 10.3 Å². The van der Waals surface area contributed by atoms with E-state index in [1.54, 1.807) is 18.3 Å². The van der Waals surface area contributed by atoms with E-state index in [9.17, 15) is 14.3 Å². The van der Waals surface area contributed by atoms with E-state index in [1.807, 2.05) is 16.9 Å². The third kappa shape index (κ3) is 4.90. The van der Waals surface area contributed by atoms with Gasteiger partial charge in [0.25, 0.3) is 0 Å². The molecule has 2 N–H and O–H groups in total. The fourth-order valence-corrected chi connectivity index (χ4v) is 3.74. The number of anilines is 1. The zero-order chi connectivity index (χ0) is 18.5. The average Bonchev–Trinajstić information content (AvgIpc) is 3.21. The van der Waals surface area contributed by atoms with Crippen molar-refractivity contribution in [2.45, 2.75) is 25.2 Å². The molecule has 0 saturated carbocycles. The predicted octanol–water partition coefficient (Wildman–Crippen LogP) is 3.06. The Kier molecular flexibility index (Phi) is 6.02.